The molecule has 4 nitrogen and oxygen atoms in total. The van der Waals surface area contributed by atoms with Crippen molar-refractivity contribution >= 4 is 24.8 Å². The fraction of sp³-hybridized carbons (Fsp3) is 0.250. The van der Waals surface area contributed by atoms with Crippen molar-refractivity contribution in [3.8, 4) is 11.5 Å². The molecule has 0 unspecified atom stereocenters. The van der Waals surface area contributed by atoms with E-state index in [0.29, 0.717) is 13.2 Å². The number of nitrogens with one attached hydrogen (secondary N) is 2. The van der Waals surface area contributed by atoms with Crippen molar-refractivity contribution in [2.75, 3.05) is 26.3 Å². The summed E-state index contributed by atoms with van der Waals surface area (Å²) in [6.07, 6.45) is 0. The molecule has 3 rings (SSSR count). The van der Waals surface area contributed by atoms with E-state index in [1.807, 2.05) is 36.4 Å². The lowest BCUT2D eigenvalue weighted by Crippen LogP contribution is -2.21. The Morgan fingerprint density at radius 3 is 1.27 bits per heavy atom. The third-order valence-electron chi connectivity index (χ3n) is 4.27. The largest absolute Gasteiger partial charge is 0.488 e. The molecule has 0 saturated carbocycles. The van der Waals surface area contributed by atoms with E-state index in [9.17, 15) is 0 Å². The Morgan fingerprint density at radius 2 is 0.867 bits per heavy atom. The molecule has 0 aliphatic rings. The predicted molar refractivity (Wildman–Crippen MR) is 128 cm³/mol. The molecule has 0 aliphatic heterocycles. The van der Waals surface area contributed by atoms with E-state index < -0.39 is 0 Å². The highest BCUT2D eigenvalue weighted by Crippen LogP contribution is 2.26. The topological polar surface area (TPSA) is 42.5 Å². The fourth-order valence-electron chi connectivity index (χ4n) is 2.81. The first-order valence-corrected chi connectivity index (χ1v) is 9.76. The second-order valence-corrected chi connectivity index (χ2v) is 6.47. The molecule has 0 aliphatic carbocycles. The molecule has 0 spiro atoms. The first-order chi connectivity index (χ1) is 13.9. The number of benzene rings is 3. The maximum Gasteiger partial charge on any atom is 0.161 e. The normalized spacial score (nSPS) is 9.87. The molecule has 2 N–H and O–H groups in total. The molecule has 0 atom stereocenters. The number of hydrogen-bond donors (Lipinski definition) is 2. The number of halogens is 2. The van der Waals surface area contributed by atoms with Crippen LogP contribution in [0.3, 0.4) is 0 Å². The summed E-state index contributed by atoms with van der Waals surface area (Å²) in [7, 11) is 0. The van der Waals surface area contributed by atoms with Crippen molar-refractivity contribution in [2.45, 2.75) is 13.1 Å². The van der Waals surface area contributed by atoms with Gasteiger partial charge in [0.1, 0.15) is 13.2 Å². The number of rotatable bonds is 12. The molecule has 0 aromatic heterocycles. The van der Waals surface area contributed by atoms with Crippen LogP contribution in [0.5, 0.6) is 11.5 Å². The van der Waals surface area contributed by atoms with E-state index in [0.717, 1.165) is 37.7 Å². The summed E-state index contributed by atoms with van der Waals surface area (Å²) in [5.41, 5.74) is 2.54. The maximum atomic E-state index is 5.89. The van der Waals surface area contributed by atoms with E-state index in [2.05, 4.69) is 59.2 Å². The second kappa shape index (κ2) is 15.6. The Kier molecular flexibility index (Phi) is 13.4. The predicted octanol–water partition coefficient (Wildman–Crippen LogP) is 4.87. The lowest BCUT2D eigenvalue weighted by Gasteiger charge is -2.13. The summed E-state index contributed by atoms with van der Waals surface area (Å²) in [6.45, 7) is 4.44. The molecule has 3 aromatic rings. The zero-order valence-electron chi connectivity index (χ0n) is 17.0. The van der Waals surface area contributed by atoms with Gasteiger partial charge in [-0.2, -0.15) is 0 Å². The SMILES string of the molecule is Cl.Cl.c1ccc(CNCCOc2ccccc2OCCNCc2ccccc2)cc1. The smallest absolute Gasteiger partial charge is 0.161 e. The van der Waals surface area contributed by atoms with E-state index in [1.165, 1.54) is 11.1 Å². The minimum Gasteiger partial charge on any atom is -0.488 e. The summed E-state index contributed by atoms with van der Waals surface area (Å²) < 4.78 is 11.8. The molecular formula is C24H30Cl2N2O2. The summed E-state index contributed by atoms with van der Waals surface area (Å²) in [6, 6.07) is 28.5. The van der Waals surface area contributed by atoms with Crippen LogP contribution in [-0.2, 0) is 13.1 Å². The van der Waals surface area contributed by atoms with Gasteiger partial charge in [-0.05, 0) is 23.3 Å². The van der Waals surface area contributed by atoms with Crippen LogP contribution >= 0.6 is 24.8 Å². The second-order valence-electron chi connectivity index (χ2n) is 6.47. The lowest BCUT2D eigenvalue weighted by atomic mass is 10.2. The van der Waals surface area contributed by atoms with Gasteiger partial charge in [-0.3, -0.25) is 0 Å². The summed E-state index contributed by atoms with van der Waals surface area (Å²) in [4.78, 5) is 0. The molecule has 162 valence electrons. The van der Waals surface area contributed by atoms with Gasteiger partial charge < -0.3 is 20.1 Å². The molecule has 0 saturated heterocycles. The minimum atomic E-state index is 0. The van der Waals surface area contributed by atoms with Gasteiger partial charge in [-0.1, -0.05) is 72.8 Å². The number of hydrogen-bond acceptors (Lipinski definition) is 4. The Labute approximate surface area is 191 Å². The van der Waals surface area contributed by atoms with Crippen molar-refractivity contribution in [2.24, 2.45) is 0 Å². The van der Waals surface area contributed by atoms with Crippen molar-refractivity contribution in [1.29, 1.82) is 0 Å². The summed E-state index contributed by atoms with van der Waals surface area (Å²) in [5, 5.41) is 6.78. The summed E-state index contributed by atoms with van der Waals surface area (Å²) in [5.74, 6) is 1.57. The standard InChI is InChI=1S/C24H28N2O2.2ClH/c1-3-9-21(10-4-1)19-25-15-17-27-23-13-7-8-14-24(23)28-18-16-26-20-22-11-5-2-6-12-22;;/h1-14,25-26H,15-20H2;2*1H. The van der Waals surface area contributed by atoms with Crippen molar-refractivity contribution < 1.29 is 9.47 Å². The van der Waals surface area contributed by atoms with Crippen molar-refractivity contribution in [1.82, 2.24) is 10.6 Å². The lowest BCUT2D eigenvalue weighted by molar-refractivity contribution is 0.266. The molecule has 0 fully saturated rings. The third kappa shape index (κ3) is 9.51. The Balaban J connectivity index is 0.00000225. The average Bonchev–Trinajstić information content (AvgIpc) is 2.76. The molecule has 3 aromatic carbocycles. The third-order valence-corrected chi connectivity index (χ3v) is 4.27. The van der Waals surface area contributed by atoms with Gasteiger partial charge in [0.25, 0.3) is 0 Å². The van der Waals surface area contributed by atoms with Gasteiger partial charge >= 0.3 is 0 Å². The van der Waals surface area contributed by atoms with Gasteiger partial charge in [-0.25, -0.2) is 0 Å². The Bertz CT molecular complexity index is 736. The van der Waals surface area contributed by atoms with Gasteiger partial charge in [-0.15, -0.1) is 24.8 Å². The highest BCUT2D eigenvalue weighted by Gasteiger charge is 2.04. The molecule has 0 bridgehead atoms. The van der Waals surface area contributed by atoms with Crippen LogP contribution in [0.1, 0.15) is 11.1 Å². The highest BCUT2D eigenvalue weighted by atomic mass is 35.5. The van der Waals surface area contributed by atoms with Crippen LogP contribution in [0, 0.1) is 0 Å². The summed E-state index contributed by atoms with van der Waals surface area (Å²) >= 11 is 0. The molecular weight excluding hydrogens is 419 g/mol. The number of para-hydroxylation sites is 2. The van der Waals surface area contributed by atoms with E-state index in [-0.39, 0.29) is 24.8 Å². The molecule has 0 radical (unpaired) electrons. The van der Waals surface area contributed by atoms with Crippen molar-refractivity contribution in [3.63, 3.8) is 0 Å². The number of ether oxygens (including phenoxy) is 2. The van der Waals surface area contributed by atoms with E-state index in [4.69, 9.17) is 9.47 Å². The molecule has 6 heteroatoms. The molecule has 0 amide bonds. The molecule has 30 heavy (non-hydrogen) atoms. The monoisotopic (exact) mass is 448 g/mol. The van der Waals surface area contributed by atoms with Gasteiger partial charge in [0, 0.05) is 26.2 Å². The maximum absolute atomic E-state index is 5.89. The Hall–Kier alpha value is -2.24. The van der Waals surface area contributed by atoms with Crippen LogP contribution in [0.4, 0.5) is 0 Å². The fourth-order valence-corrected chi connectivity index (χ4v) is 2.81. The van der Waals surface area contributed by atoms with Crippen LogP contribution < -0.4 is 20.1 Å². The first-order valence-electron chi connectivity index (χ1n) is 9.76. The quantitative estimate of drug-likeness (QED) is 0.388. The van der Waals surface area contributed by atoms with Crippen LogP contribution in [-0.4, -0.2) is 26.3 Å². The zero-order chi connectivity index (χ0) is 19.3. The van der Waals surface area contributed by atoms with E-state index in [1.54, 1.807) is 0 Å². The van der Waals surface area contributed by atoms with E-state index >= 15 is 0 Å². The van der Waals surface area contributed by atoms with Crippen molar-refractivity contribution in [3.05, 3.63) is 96.1 Å². The van der Waals surface area contributed by atoms with Gasteiger partial charge in [0.15, 0.2) is 11.5 Å². The van der Waals surface area contributed by atoms with Gasteiger partial charge in [0.05, 0.1) is 0 Å². The average molecular weight is 449 g/mol. The Morgan fingerprint density at radius 1 is 0.500 bits per heavy atom. The van der Waals surface area contributed by atoms with Crippen LogP contribution in [0.15, 0.2) is 84.9 Å². The molecule has 0 heterocycles. The zero-order valence-corrected chi connectivity index (χ0v) is 18.6. The minimum absolute atomic E-state index is 0. The van der Waals surface area contributed by atoms with Crippen LogP contribution in [0.2, 0.25) is 0 Å². The van der Waals surface area contributed by atoms with Crippen LogP contribution in [0.25, 0.3) is 0 Å². The highest BCUT2D eigenvalue weighted by molar-refractivity contribution is 5.85. The van der Waals surface area contributed by atoms with Gasteiger partial charge in [0.2, 0.25) is 0 Å². The first kappa shape index (κ1) is 25.8.